The molecule has 0 aliphatic carbocycles. The first-order chi connectivity index (χ1) is 8.54. The Hall–Kier alpha value is -2.41. The number of hydrogen-bond acceptors (Lipinski definition) is 2. The van der Waals surface area contributed by atoms with Crippen molar-refractivity contribution in [2.45, 2.75) is 13.8 Å². The number of ketones is 1. The Morgan fingerprint density at radius 3 is 2.61 bits per heavy atom. The highest BCUT2D eigenvalue weighted by Gasteiger charge is 2.11. The fourth-order valence-electron chi connectivity index (χ4n) is 1.91. The van der Waals surface area contributed by atoms with Crippen LogP contribution >= 0.6 is 0 Å². The van der Waals surface area contributed by atoms with Crippen LogP contribution in [0.1, 0.15) is 28.5 Å². The summed E-state index contributed by atoms with van der Waals surface area (Å²) in [6.45, 7) is 3.29. The van der Waals surface area contributed by atoms with E-state index in [0.29, 0.717) is 11.3 Å². The molecule has 1 aromatic heterocycles. The highest BCUT2D eigenvalue weighted by Crippen LogP contribution is 2.19. The zero-order valence-corrected chi connectivity index (χ0v) is 10.1. The molecule has 0 atom stereocenters. The highest BCUT2D eigenvalue weighted by molar-refractivity contribution is 5.95. The average Bonchev–Trinajstić information content (AvgIpc) is 2.71. The molecule has 0 N–H and O–H groups in total. The first-order valence-corrected chi connectivity index (χ1v) is 5.43. The maximum absolute atomic E-state index is 13.5. The summed E-state index contributed by atoms with van der Waals surface area (Å²) in [7, 11) is 0. The van der Waals surface area contributed by atoms with Gasteiger partial charge in [-0.3, -0.25) is 4.79 Å². The Kier molecular flexibility index (Phi) is 2.99. The number of aromatic nitrogens is 1. The van der Waals surface area contributed by atoms with Crippen molar-refractivity contribution in [3.63, 3.8) is 0 Å². The van der Waals surface area contributed by atoms with Gasteiger partial charge in [-0.1, -0.05) is 0 Å². The molecule has 0 aliphatic heterocycles. The molecule has 0 unspecified atom stereocenters. The summed E-state index contributed by atoms with van der Waals surface area (Å²) in [5, 5.41) is 8.67. The van der Waals surface area contributed by atoms with Crippen LogP contribution in [0.15, 0.2) is 30.5 Å². The number of rotatable bonds is 2. The van der Waals surface area contributed by atoms with Crippen LogP contribution in [0, 0.1) is 24.1 Å². The van der Waals surface area contributed by atoms with Gasteiger partial charge >= 0.3 is 0 Å². The van der Waals surface area contributed by atoms with Gasteiger partial charge in [0, 0.05) is 23.1 Å². The van der Waals surface area contributed by atoms with Gasteiger partial charge in [-0.25, -0.2) is 4.39 Å². The quantitative estimate of drug-likeness (QED) is 0.760. The zero-order chi connectivity index (χ0) is 13.3. The monoisotopic (exact) mass is 242 g/mol. The summed E-state index contributed by atoms with van der Waals surface area (Å²) in [4.78, 5) is 11.3. The van der Waals surface area contributed by atoms with Gasteiger partial charge in [0.25, 0.3) is 0 Å². The van der Waals surface area contributed by atoms with Gasteiger partial charge in [0.15, 0.2) is 5.78 Å². The number of benzene rings is 1. The predicted molar refractivity (Wildman–Crippen MR) is 65.2 cm³/mol. The lowest BCUT2D eigenvalue weighted by Gasteiger charge is -2.07. The van der Waals surface area contributed by atoms with Crippen molar-refractivity contribution in [3.8, 4) is 11.8 Å². The average molecular weight is 242 g/mol. The molecule has 3 nitrogen and oxygen atoms in total. The molecule has 0 fully saturated rings. The fourth-order valence-corrected chi connectivity index (χ4v) is 1.91. The maximum Gasteiger partial charge on any atom is 0.161 e. The predicted octanol–water partition coefficient (Wildman–Crippen LogP) is 3.00. The maximum atomic E-state index is 13.5. The first kappa shape index (κ1) is 12.1. The van der Waals surface area contributed by atoms with Gasteiger partial charge in [-0.05, 0) is 38.1 Å². The lowest BCUT2D eigenvalue weighted by atomic mass is 10.2. The molecule has 0 bridgehead atoms. The van der Waals surface area contributed by atoms with E-state index in [0.717, 1.165) is 5.69 Å². The third-order valence-corrected chi connectivity index (χ3v) is 2.87. The third kappa shape index (κ3) is 1.91. The number of nitrogens with zero attached hydrogens (tertiary/aromatic N) is 2. The van der Waals surface area contributed by atoms with Crippen LogP contribution < -0.4 is 0 Å². The largest absolute Gasteiger partial charge is 0.320 e. The summed E-state index contributed by atoms with van der Waals surface area (Å²) in [6, 6.07) is 7.84. The standard InChI is InChI=1S/C14H11FN2O/c1-9-13(10(2)18)5-6-17(9)12-4-3-11(8-16)14(15)7-12/h3-7H,1-2H3. The Morgan fingerprint density at radius 2 is 2.11 bits per heavy atom. The lowest BCUT2D eigenvalue weighted by molar-refractivity contribution is 0.101. The molecule has 18 heavy (non-hydrogen) atoms. The van der Waals surface area contributed by atoms with Crippen molar-refractivity contribution >= 4 is 5.78 Å². The van der Waals surface area contributed by atoms with E-state index in [-0.39, 0.29) is 11.3 Å². The summed E-state index contributed by atoms with van der Waals surface area (Å²) in [5.74, 6) is -0.590. The zero-order valence-electron chi connectivity index (χ0n) is 10.1. The molecule has 0 radical (unpaired) electrons. The van der Waals surface area contributed by atoms with Gasteiger partial charge in [0.05, 0.1) is 5.56 Å². The molecule has 0 spiro atoms. The van der Waals surface area contributed by atoms with Crippen LogP contribution in [0.2, 0.25) is 0 Å². The van der Waals surface area contributed by atoms with Crippen molar-refractivity contribution in [1.82, 2.24) is 4.57 Å². The molecule has 2 rings (SSSR count). The van der Waals surface area contributed by atoms with E-state index >= 15 is 0 Å². The molecule has 1 aromatic carbocycles. The number of hydrogen-bond donors (Lipinski definition) is 0. The molecule has 0 aliphatic rings. The van der Waals surface area contributed by atoms with Crippen LogP contribution in [0.4, 0.5) is 4.39 Å². The first-order valence-electron chi connectivity index (χ1n) is 5.43. The molecule has 0 saturated heterocycles. The van der Waals surface area contributed by atoms with Gasteiger partial charge in [0.1, 0.15) is 11.9 Å². The molecule has 90 valence electrons. The van der Waals surface area contributed by atoms with Gasteiger partial charge in [0.2, 0.25) is 0 Å². The molecular formula is C14H11FN2O. The Morgan fingerprint density at radius 1 is 1.39 bits per heavy atom. The van der Waals surface area contributed by atoms with Crippen LogP contribution in [0.5, 0.6) is 0 Å². The Bertz CT molecular complexity index is 665. The molecule has 1 heterocycles. The van der Waals surface area contributed by atoms with Gasteiger partial charge in [-0.2, -0.15) is 5.26 Å². The summed E-state index contributed by atoms with van der Waals surface area (Å²) < 4.78 is 15.3. The molecule has 0 saturated carbocycles. The third-order valence-electron chi connectivity index (χ3n) is 2.87. The molecule has 2 aromatic rings. The van der Waals surface area contributed by atoms with E-state index < -0.39 is 5.82 Å². The van der Waals surface area contributed by atoms with E-state index in [1.54, 1.807) is 35.9 Å². The molecular weight excluding hydrogens is 231 g/mol. The van der Waals surface area contributed by atoms with Crippen LogP contribution in [-0.2, 0) is 0 Å². The Labute approximate surface area is 104 Å². The van der Waals surface area contributed by atoms with Crippen molar-refractivity contribution in [2.75, 3.05) is 0 Å². The minimum absolute atomic E-state index is 0.00958. The van der Waals surface area contributed by atoms with Crippen LogP contribution in [-0.4, -0.2) is 10.4 Å². The van der Waals surface area contributed by atoms with Crippen molar-refractivity contribution in [2.24, 2.45) is 0 Å². The van der Waals surface area contributed by atoms with E-state index in [4.69, 9.17) is 5.26 Å². The number of Topliss-reactive ketones (excluding diaryl/α,β-unsaturated/α-hetero) is 1. The second kappa shape index (κ2) is 4.46. The fraction of sp³-hybridized carbons (Fsp3) is 0.143. The van der Waals surface area contributed by atoms with Crippen molar-refractivity contribution in [3.05, 3.63) is 53.1 Å². The lowest BCUT2D eigenvalue weighted by Crippen LogP contribution is -2.00. The van der Waals surface area contributed by atoms with Gasteiger partial charge in [-0.15, -0.1) is 0 Å². The topological polar surface area (TPSA) is 45.8 Å². The smallest absolute Gasteiger partial charge is 0.161 e. The van der Waals surface area contributed by atoms with Crippen LogP contribution in [0.25, 0.3) is 5.69 Å². The van der Waals surface area contributed by atoms with Crippen LogP contribution in [0.3, 0.4) is 0 Å². The second-order valence-corrected chi connectivity index (χ2v) is 4.02. The minimum Gasteiger partial charge on any atom is -0.320 e. The summed E-state index contributed by atoms with van der Waals surface area (Å²) in [5.41, 5.74) is 1.97. The van der Waals surface area contributed by atoms with Crippen molar-refractivity contribution in [1.29, 1.82) is 5.26 Å². The number of halogens is 1. The Balaban J connectivity index is 2.53. The summed E-state index contributed by atoms with van der Waals surface area (Å²) >= 11 is 0. The number of carbonyl (C=O) groups excluding carboxylic acids is 1. The van der Waals surface area contributed by atoms with E-state index in [9.17, 15) is 9.18 Å². The molecule has 0 amide bonds. The molecule has 4 heteroatoms. The van der Waals surface area contributed by atoms with Gasteiger partial charge < -0.3 is 4.57 Å². The van der Waals surface area contributed by atoms with E-state index in [2.05, 4.69) is 0 Å². The normalized spacial score (nSPS) is 10.1. The minimum atomic E-state index is -0.563. The van der Waals surface area contributed by atoms with Crippen molar-refractivity contribution < 1.29 is 9.18 Å². The SMILES string of the molecule is CC(=O)c1ccn(-c2ccc(C#N)c(F)c2)c1C. The van der Waals surface area contributed by atoms with E-state index in [1.165, 1.54) is 19.1 Å². The summed E-state index contributed by atoms with van der Waals surface area (Å²) in [6.07, 6.45) is 1.72. The second-order valence-electron chi connectivity index (χ2n) is 4.02. The highest BCUT2D eigenvalue weighted by atomic mass is 19.1. The van der Waals surface area contributed by atoms with E-state index in [1.807, 2.05) is 0 Å². The number of carbonyl (C=O) groups is 1. The number of nitriles is 1.